The van der Waals surface area contributed by atoms with E-state index in [2.05, 4.69) is 97.0 Å². The molecule has 78 heavy (non-hydrogen) atoms. The summed E-state index contributed by atoms with van der Waals surface area (Å²) < 4.78 is 11.7. The Morgan fingerprint density at radius 2 is 0.833 bits per heavy atom. The molecule has 2 aliphatic heterocycles. The molecule has 450 valence electrons. The smallest absolute Gasteiger partial charge is 0.243 e. The normalized spacial score (nSPS) is 17.3. The van der Waals surface area contributed by atoms with E-state index in [1.807, 2.05) is 37.5 Å². The number of rotatable bonds is 49. The minimum atomic E-state index is -0.536. The molecule has 2 saturated heterocycles. The van der Waals surface area contributed by atoms with Crippen LogP contribution in [0.3, 0.4) is 0 Å². The highest BCUT2D eigenvalue weighted by Gasteiger charge is 2.35. The number of ether oxygens (including phenoxy) is 2. The van der Waals surface area contributed by atoms with Crippen molar-refractivity contribution in [2.45, 2.75) is 258 Å². The van der Waals surface area contributed by atoms with Gasteiger partial charge < -0.3 is 39.7 Å². The molecule has 0 aromatic carbocycles. The maximum absolute atomic E-state index is 13.9. The molecular formula is C66H120N6O6. The van der Waals surface area contributed by atoms with Gasteiger partial charge in [0.15, 0.2) is 0 Å². The van der Waals surface area contributed by atoms with Gasteiger partial charge in [-0.2, -0.15) is 0 Å². The largest absolute Gasteiger partial charge is 0.377 e. The van der Waals surface area contributed by atoms with E-state index in [4.69, 9.17) is 9.47 Å². The van der Waals surface area contributed by atoms with E-state index in [0.29, 0.717) is 77.5 Å². The van der Waals surface area contributed by atoms with Gasteiger partial charge in [-0.25, -0.2) is 0 Å². The Balaban J connectivity index is 1.76. The van der Waals surface area contributed by atoms with Crippen molar-refractivity contribution < 1.29 is 28.7 Å². The minimum absolute atomic E-state index is 0.0337. The summed E-state index contributed by atoms with van der Waals surface area (Å²) in [4.78, 5) is 64.1. The highest BCUT2D eigenvalue weighted by molar-refractivity contribution is 5.88. The van der Waals surface area contributed by atoms with Crippen LogP contribution in [0.15, 0.2) is 48.6 Å². The van der Waals surface area contributed by atoms with Gasteiger partial charge in [-0.1, -0.05) is 154 Å². The van der Waals surface area contributed by atoms with Crippen molar-refractivity contribution in [2.75, 3.05) is 79.8 Å². The van der Waals surface area contributed by atoms with Gasteiger partial charge >= 0.3 is 0 Å². The van der Waals surface area contributed by atoms with Crippen molar-refractivity contribution in [3.8, 4) is 0 Å². The zero-order valence-electron chi connectivity index (χ0n) is 51.6. The number of hydrogen-bond donors (Lipinski definition) is 2. The zero-order chi connectivity index (χ0) is 56.9. The molecule has 0 aromatic rings. The van der Waals surface area contributed by atoms with Crippen LogP contribution in [0.4, 0.5) is 0 Å². The van der Waals surface area contributed by atoms with Crippen molar-refractivity contribution in [2.24, 2.45) is 11.8 Å². The third-order valence-electron chi connectivity index (χ3n) is 16.0. The fourth-order valence-electron chi connectivity index (χ4n) is 11.2. The molecule has 2 heterocycles. The Bertz CT molecular complexity index is 1530. The van der Waals surface area contributed by atoms with E-state index in [0.717, 1.165) is 103 Å². The molecule has 0 bridgehead atoms. The summed E-state index contributed by atoms with van der Waals surface area (Å²) >= 11 is 0. The molecule has 0 saturated carbocycles. The average molecular weight is 1090 g/mol. The van der Waals surface area contributed by atoms with Crippen LogP contribution in [-0.2, 0) is 28.7 Å². The number of amides is 4. The Morgan fingerprint density at radius 1 is 0.487 bits per heavy atom. The van der Waals surface area contributed by atoms with Crippen molar-refractivity contribution in [1.82, 2.24) is 30.2 Å². The van der Waals surface area contributed by atoms with Crippen molar-refractivity contribution in [3.63, 3.8) is 0 Å². The topological polar surface area (TPSA) is 124 Å². The number of nitrogens with one attached hydrogen (secondary N) is 2. The van der Waals surface area contributed by atoms with E-state index in [1.54, 1.807) is 0 Å². The van der Waals surface area contributed by atoms with Crippen molar-refractivity contribution >= 4 is 23.6 Å². The van der Waals surface area contributed by atoms with E-state index >= 15 is 0 Å². The van der Waals surface area contributed by atoms with E-state index in [-0.39, 0.29) is 35.5 Å². The maximum Gasteiger partial charge on any atom is 0.243 e. The summed E-state index contributed by atoms with van der Waals surface area (Å²) in [7, 11) is 4.33. The summed E-state index contributed by atoms with van der Waals surface area (Å²) in [6, 6.07) is -0.199. The van der Waals surface area contributed by atoms with Crippen LogP contribution in [0.1, 0.15) is 234 Å². The number of hydrogen-bond acceptors (Lipinski definition) is 8. The minimum Gasteiger partial charge on any atom is -0.377 e. The first-order valence-corrected chi connectivity index (χ1v) is 32.2. The summed E-state index contributed by atoms with van der Waals surface area (Å²) in [5.41, 5.74) is 0. The Morgan fingerprint density at radius 3 is 1.17 bits per heavy atom. The number of unbranched alkanes of at least 4 members (excludes halogenated alkanes) is 16. The molecule has 2 fully saturated rings. The molecule has 0 aromatic heterocycles. The van der Waals surface area contributed by atoms with E-state index < -0.39 is 12.1 Å². The van der Waals surface area contributed by atoms with Crippen LogP contribution in [0.5, 0.6) is 0 Å². The molecule has 4 unspecified atom stereocenters. The third-order valence-corrected chi connectivity index (χ3v) is 16.0. The molecular weight excluding hydrogens is 973 g/mol. The third kappa shape index (κ3) is 33.4. The highest BCUT2D eigenvalue weighted by atomic mass is 16.5. The highest BCUT2D eigenvalue weighted by Crippen LogP contribution is 2.24. The summed E-state index contributed by atoms with van der Waals surface area (Å²) in [5, 5.41) is 6.16. The Hall–Kier alpha value is -3.32. The van der Waals surface area contributed by atoms with Crippen LogP contribution < -0.4 is 10.6 Å². The number of nitrogens with zero attached hydrogens (tertiary/aromatic N) is 4. The molecule has 2 N–H and O–H groups in total. The first-order chi connectivity index (χ1) is 37.9. The molecule has 2 aliphatic rings. The van der Waals surface area contributed by atoms with E-state index in [9.17, 15) is 19.2 Å². The van der Waals surface area contributed by atoms with Crippen LogP contribution in [0.25, 0.3) is 0 Å². The van der Waals surface area contributed by atoms with Crippen LogP contribution >= 0.6 is 0 Å². The van der Waals surface area contributed by atoms with Gasteiger partial charge in [0.1, 0.15) is 12.1 Å². The zero-order valence-corrected chi connectivity index (χ0v) is 51.6. The average Bonchev–Trinajstić information content (AvgIpc) is 4.05. The fourth-order valence-corrected chi connectivity index (χ4v) is 11.2. The maximum atomic E-state index is 13.9. The number of carbonyl (C=O) groups excluding carboxylic acids is 4. The summed E-state index contributed by atoms with van der Waals surface area (Å²) in [6.07, 6.45) is 50.7. The first-order valence-electron chi connectivity index (χ1n) is 32.2. The molecule has 2 rings (SSSR count). The number of likely N-dealkylation sites (tertiary alicyclic amines) is 2. The van der Waals surface area contributed by atoms with Crippen LogP contribution in [0.2, 0.25) is 0 Å². The predicted molar refractivity (Wildman–Crippen MR) is 328 cm³/mol. The van der Waals surface area contributed by atoms with Gasteiger partial charge in [0.2, 0.25) is 23.6 Å². The summed E-state index contributed by atoms with van der Waals surface area (Å²) in [5.74, 6) is -0.148. The van der Waals surface area contributed by atoms with Crippen LogP contribution in [0, 0.1) is 11.8 Å². The lowest BCUT2D eigenvalue weighted by atomic mass is 9.99. The molecule has 12 heteroatoms. The monoisotopic (exact) mass is 1090 g/mol. The second kappa shape index (κ2) is 47.3. The lowest BCUT2D eigenvalue weighted by Crippen LogP contribution is -2.53. The Labute approximate surface area is 479 Å². The lowest BCUT2D eigenvalue weighted by molar-refractivity contribution is -0.142. The molecule has 0 spiro atoms. The van der Waals surface area contributed by atoms with Gasteiger partial charge in [0.25, 0.3) is 0 Å². The predicted octanol–water partition coefficient (Wildman–Crippen LogP) is 13.6. The van der Waals surface area contributed by atoms with Gasteiger partial charge in [0, 0.05) is 51.1 Å². The summed E-state index contributed by atoms with van der Waals surface area (Å²) in [6.45, 7) is 18.0. The SMILES string of the molecule is CCCCC/C=C\C/C=C\CCCCCCCC(=O)N(CCC1CCCN1C)C(C(=O)NCCOCCOCCNC(=O)C(C(C)C)N(CCC1CCCN1C)C(=O)CCCCCCC/C=C\C/C=C\CCCCC)C(C)C. The van der Waals surface area contributed by atoms with Gasteiger partial charge in [0.05, 0.1) is 26.4 Å². The molecule has 0 radical (unpaired) electrons. The van der Waals surface area contributed by atoms with Crippen molar-refractivity contribution in [1.29, 1.82) is 0 Å². The number of allylic oxidation sites excluding steroid dienone is 8. The lowest BCUT2D eigenvalue weighted by Gasteiger charge is -2.35. The molecule has 12 nitrogen and oxygen atoms in total. The second-order valence-electron chi connectivity index (χ2n) is 23.5. The van der Waals surface area contributed by atoms with Crippen molar-refractivity contribution in [3.05, 3.63) is 48.6 Å². The van der Waals surface area contributed by atoms with E-state index in [1.165, 1.54) is 89.9 Å². The van der Waals surface area contributed by atoms with Gasteiger partial charge in [-0.05, 0) is 155 Å². The molecule has 4 amide bonds. The second-order valence-corrected chi connectivity index (χ2v) is 23.5. The molecule has 0 aliphatic carbocycles. The van der Waals surface area contributed by atoms with Gasteiger partial charge in [-0.15, -0.1) is 0 Å². The van der Waals surface area contributed by atoms with Gasteiger partial charge in [-0.3, -0.25) is 19.2 Å². The fraction of sp³-hybridized carbons (Fsp3) is 0.818. The quantitative estimate of drug-likeness (QED) is 0.0456. The first kappa shape index (κ1) is 70.8. The number of carbonyl (C=O) groups is 4. The standard InChI is InChI=1S/C66H120N6O6/c1-9-11-13-15-17-19-21-23-25-27-29-31-33-35-37-43-61(73)71(51-45-59-41-39-49-69(59)7)63(57(3)4)65(75)67-47-53-77-55-56-78-54-48-68-66(76)64(58(5)6)72(52-46-60-42-40-50-70(60)8)62(74)44-38-36-34-32-30-28-26-24-22-20-18-16-14-12-10-2/h17-20,23-26,57-60,63-64H,9-16,21-22,27-56H2,1-8H3,(H,67,75)(H,68,76)/b19-17-,20-18-,25-23-,26-24-. The molecule has 4 atom stereocenters. The Kier molecular flexibility index (Phi) is 43.0. The van der Waals surface area contributed by atoms with Crippen LogP contribution in [-0.4, -0.2) is 147 Å².